The van der Waals surface area contributed by atoms with Gasteiger partial charge in [0.25, 0.3) is 0 Å². The molecule has 3 heteroatoms. The average molecular weight is 322 g/mol. The molecule has 1 saturated carbocycles. The number of phenols is 1. The monoisotopic (exact) mass is 322 g/mol. The van der Waals surface area contributed by atoms with E-state index in [1.54, 1.807) is 24.3 Å². The SMILES string of the molecule is CC1C/C(=C\c2ccc(O)cc2)C(=O)/C(=C/C2C=CC(O)=CC2)C1. The van der Waals surface area contributed by atoms with Crippen molar-refractivity contribution in [1.82, 2.24) is 0 Å². The summed E-state index contributed by atoms with van der Waals surface area (Å²) in [7, 11) is 0. The molecule has 0 aromatic heterocycles. The van der Waals surface area contributed by atoms with Crippen molar-refractivity contribution in [3.8, 4) is 5.75 Å². The zero-order valence-corrected chi connectivity index (χ0v) is 13.8. The largest absolute Gasteiger partial charge is 0.508 e. The van der Waals surface area contributed by atoms with Crippen molar-refractivity contribution in [3.05, 3.63) is 71.0 Å². The molecule has 24 heavy (non-hydrogen) atoms. The fraction of sp³-hybridized carbons (Fsp3) is 0.286. The Morgan fingerprint density at radius 3 is 2.46 bits per heavy atom. The number of phenolic OH excluding ortho intramolecular Hbond substituents is 1. The molecule has 0 amide bonds. The average Bonchev–Trinajstić information content (AvgIpc) is 2.56. The molecule has 1 aromatic carbocycles. The second kappa shape index (κ2) is 6.91. The first-order chi connectivity index (χ1) is 11.5. The lowest BCUT2D eigenvalue weighted by Gasteiger charge is -2.24. The van der Waals surface area contributed by atoms with Gasteiger partial charge in [-0.3, -0.25) is 4.79 Å². The van der Waals surface area contributed by atoms with E-state index in [4.69, 9.17) is 0 Å². The molecule has 0 bridgehead atoms. The summed E-state index contributed by atoms with van der Waals surface area (Å²) < 4.78 is 0. The number of Topliss-reactive ketones (excluding diaryl/α,β-unsaturated/α-hetero) is 1. The Morgan fingerprint density at radius 2 is 1.79 bits per heavy atom. The molecule has 2 atom stereocenters. The van der Waals surface area contributed by atoms with Crippen LogP contribution in [0.3, 0.4) is 0 Å². The van der Waals surface area contributed by atoms with Crippen molar-refractivity contribution < 1.29 is 15.0 Å². The molecule has 124 valence electrons. The van der Waals surface area contributed by atoms with Crippen LogP contribution in [0.25, 0.3) is 6.08 Å². The van der Waals surface area contributed by atoms with Gasteiger partial charge in [-0.2, -0.15) is 0 Å². The smallest absolute Gasteiger partial charge is 0.184 e. The van der Waals surface area contributed by atoms with Crippen molar-refractivity contribution in [2.45, 2.75) is 26.2 Å². The Bertz CT molecular complexity index is 748. The van der Waals surface area contributed by atoms with Crippen LogP contribution in [-0.2, 0) is 4.79 Å². The van der Waals surface area contributed by atoms with Gasteiger partial charge in [-0.1, -0.05) is 31.2 Å². The maximum atomic E-state index is 12.8. The lowest BCUT2D eigenvalue weighted by Crippen LogP contribution is -2.19. The first kappa shape index (κ1) is 16.3. The van der Waals surface area contributed by atoms with E-state index in [1.807, 2.05) is 30.4 Å². The van der Waals surface area contributed by atoms with E-state index in [-0.39, 0.29) is 17.5 Å². The minimum Gasteiger partial charge on any atom is -0.508 e. The number of aromatic hydroxyl groups is 1. The van der Waals surface area contributed by atoms with E-state index < -0.39 is 0 Å². The standard InChI is InChI=1S/C21H22O3/c1-14-10-17(12-15-2-6-19(22)7-3-15)21(24)18(11-14)13-16-4-8-20(23)9-5-16/h2-4,6-9,12-14,16,22-23H,5,10-11H2,1H3/b17-12+,18-13+. The number of carbonyl (C=O) groups excluding carboxylic acids is 1. The van der Waals surface area contributed by atoms with E-state index in [1.165, 1.54) is 0 Å². The molecule has 1 aromatic rings. The molecule has 3 nitrogen and oxygen atoms in total. The van der Waals surface area contributed by atoms with E-state index in [2.05, 4.69) is 6.92 Å². The summed E-state index contributed by atoms with van der Waals surface area (Å²) in [6.07, 6.45) is 11.7. The Labute approximate surface area is 142 Å². The molecule has 0 aliphatic heterocycles. The Balaban J connectivity index is 1.83. The highest BCUT2D eigenvalue weighted by Gasteiger charge is 2.26. The molecule has 2 unspecified atom stereocenters. The number of aliphatic hydroxyl groups is 1. The first-order valence-electron chi connectivity index (χ1n) is 8.33. The molecule has 2 aliphatic carbocycles. The van der Waals surface area contributed by atoms with Crippen LogP contribution >= 0.6 is 0 Å². The second-order valence-corrected chi connectivity index (χ2v) is 6.68. The number of aliphatic hydroxyl groups excluding tert-OH is 1. The molecular weight excluding hydrogens is 300 g/mol. The summed E-state index contributed by atoms with van der Waals surface area (Å²) in [4.78, 5) is 12.8. The molecular formula is C21H22O3. The van der Waals surface area contributed by atoms with Crippen molar-refractivity contribution in [1.29, 1.82) is 0 Å². The highest BCUT2D eigenvalue weighted by Crippen LogP contribution is 2.32. The minimum absolute atomic E-state index is 0.119. The molecule has 2 aliphatic rings. The third-order valence-corrected chi connectivity index (χ3v) is 4.48. The van der Waals surface area contributed by atoms with Crippen molar-refractivity contribution in [2.75, 3.05) is 0 Å². The normalized spacial score (nSPS) is 27.5. The molecule has 2 N–H and O–H groups in total. The van der Waals surface area contributed by atoms with Crippen molar-refractivity contribution >= 4 is 11.9 Å². The van der Waals surface area contributed by atoms with Gasteiger partial charge in [0.15, 0.2) is 5.78 Å². The zero-order valence-electron chi connectivity index (χ0n) is 13.8. The molecule has 0 radical (unpaired) electrons. The number of hydrogen-bond acceptors (Lipinski definition) is 3. The van der Waals surface area contributed by atoms with Crippen LogP contribution in [0.4, 0.5) is 0 Å². The van der Waals surface area contributed by atoms with Gasteiger partial charge in [-0.05, 0) is 72.6 Å². The highest BCUT2D eigenvalue weighted by atomic mass is 16.3. The topological polar surface area (TPSA) is 57.5 Å². The fourth-order valence-electron chi connectivity index (χ4n) is 3.26. The van der Waals surface area contributed by atoms with Gasteiger partial charge >= 0.3 is 0 Å². The third kappa shape index (κ3) is 3.85. The Morgan fingerprint density at radius 1 is 1.08 bits per heavy atom. The lowest BCUT2D eigenvalue weighted by molar-refractivity contribution is -0.113. The Kier molecular flexibility index (Phi) is 4.70. The highest BCUT2D eigenvalue weighted by molar-refractivity contribution is 6.11. The van der Waals surface area contributed by atoms with Crippen LogP contribution in [0, 0.1) is 11.8 Å². The van der Waals surface area contributed by atoms with E-state index in [0.29, 0.717) is 11.7 Å². The molecule has 0 heterocycles. The Hall–Kier alpha value is -2.55. The van der Waals surface area contributed by atoms with Crippen LogP contribution in [-0.4, -0.2) is 16.0 Å². The summed E-state index contributed by atoms with van der Waals surface area (Å²) in [5.41, 5.74) is 2.61. The predicted octanol–water partition coefficient (Wildman–Crippen LogP) is 4.72. The quantitative estimate of drug-likeness (QED) is 0.775. The maximum Gasteiger partial charge on any atom is 0.184 e. The van der Waals surface area contributed by atoms with Crippen molar-refractivity contribution in [2.24, 2.45) is 11.8 Å². The lowest BCUT2D eigenvalue weighted by atomic mass is 9.80. The zero-order chi connectivity index (χ0) is 17.1. The number of benzene rings is 1. The van der Waals surface area contributed by atoms with Gasteiger partial charge in [0, 0.05) is 5.57 Å². The predicted molar refractivity (Wildman–Crippen MR) is 95.5 cm³/mol. The maximum absolute atomic E-state index is 12.8. The summed E-state index contributed by atoms with van der Waals surface area (Å²) in [6, 6.07) is 6.89. The molecule has 0 saturated heterocycles. The number of ketones is 1. The van der Waals surface area contributed by atoms with Crippen LogP contribution in [0.2, 0.25) is 0 Å². The minimum atomic E-state index is 0.119. The first-order valence-corrected chi connectivity index (χ1v) is 8.33. The van der Waals surface area contributed by atoms with Gasteiger partial charge in [0.2, 0.25) is 0 Å². The summed E-state index contributed by atoms with van der Waals surface area (Å²) in [5, 5.41) is 18.8. The third-order valence-electron chi connectivity index (χ3n) is 4.48. The summed E-state index contributed by atoms with van der Waals surface area (Å²) >= 11 is 0. The van der Waals surface area contributed by atoms with E-state index in [0.717, 1.165) is 36.0 Å². The van der Waals surface area contributed by atoms with Crippen molar-refractivity contribution in [3.63, 3.8) is 0 Å². The van der Waals surface area contributed by atoms with E-state index >= 15 is 0 Å². The fourth-order valence-corrected chi connectivity index (χ4v) is 3.26. The summed E-state index contributed by atoms with van der Waals surface area (Å²) in [5.74, 6) is 1.23. The number of carbonyl (C=O) groups is 1. The molecule has 1 fully saturated rings. The van der Waals surface area contributed by atoms with Crippen LogP contribution in [0.15, 0.2) is 65.5 Å². The van der Waals surface area contributed by atoms with E-state index in [9.17, 15) is 15.0 Å². The summed E-state index contributed by atoms with van der Waals surface area (Å²) in [6.45, 7) is 2.16. The van der Waals surface area contributed by atoms with Crippen LogP contribution in [0.5, 0.6) is 5.75 Å². The van der Waals surface area contributed by atoms with Gasteiger partial charge in [0.05, 0.1) is 0 Å². The molecule has 3 rings (SSSR count). The second-order valence-electron chi connectivity index (χ2n) is 6.68. The van der Waals surface area contributed by atoms with Crippen LogP contribution < -0.4 is 0 Å². The van der Waals surface area contributed by atoms with Gasteiger partial charge in [-0.15, -0.1) is 0 Å². The number of hydrogen-bond donors (Lipinski definition) is 2. The van der Waals surface area contributed by atoms with Gasteiger partial charge < -0.3 is 10.2 Å². The van der Waals surface area contributed by atoms with Gasteiger partial charge in [0.1, 0.15) is 11.5 Å². The van der Waals surface area contributed by atoms with Gasteiger partial charge in [-0.25, -0.2) is 0 Å². The number of rotatable bonds is 2. The number of allylic oxidation sites excluding steroid dienone is 6. The molecule has 0 spiro atoms. The van der Waals surface area contributed by atoms with Crippen LogP contribution in [0.1, 0.15) is 31.7 Å².